The van der Waals surface area contributed by atoms with Crippen LogP contribution >= 0.6 is 27.3 Å². The first-order chi connectivity index (χ1) is 8.50. The van der Waals surface area contributed by atoms with E-state index in [-0.39, 0.29) is 4.66 Å². The second kappa shape index (κ2) is 5.38. The van der Waals surface area contributed by atoms with Gasteiger partial charge in [-0.1, -0.05) is 28.1 Å². The third-order valence-corrected chi connectivity index (χ3v) is 5.63. The van der Waals surface area contributed by atoms with E-state index >= 15 is 0 Å². The van der Waals surface area contributed by atoms with Crippen LogP contribution in [-0.2, 0) is 10.0 Å². The number of thiazole rings is 1. The van der Waals surface area contributed by atoms with E-state index in [0.717, 1.165) is 16.3 Å². The summed E-state index contributed by atoms with van der Waals surface area (Å²) in [5.41, 5.74) is 2.43. The molecule has 0 radical (unpaired) electrons. The Bertz CT molecular complexity index is 635. The van der Waals surface area contributed by atoms with E-state index in [2.05, 4.69) is 25.6 Å². The number of benzene rings is 1. The van der Waals surface area contributed by atoms with Gasteiger partial charge in [0.2, 0.25) is 10.0 Å². The fraction of sp³-hybridized carbons (Fsp3) is 0.182. The molecule has 1 aromatic heterocycles. The van der Waals surface area contributed by atoms with Gasteiger partial charge in [-0.15, -0.1) is 11.3 Å². The van der Waals surface area contributed by atoms with E-state index < -0.39 is 10.0 Å². The van der Waals surface area contributed by atoms with Gasteiger partial charge >= 0.3 is 0 Å². The van der Waals surface area contributed by atoms with Crippen molar-refractivity contribution in [1.82, 2.24) is 4.98 Å². The molecule has 0 saturated heterocycles. The molecule has 0 fully saturated rings. The lowest BCUT2D eigenvalue weighted by Gasteiger charge is -2.05. The van der Waals surface area contributed by atoms with E-state index in [9.17, 15) is 8.42 Å². The Morgan fingerprint density at radius 3 is 2.50 bits per heavy atom. The molecule has 0 spiro atoms. The van der Waals surface area contributed by atoms with E-state index in [4.69, 9.17) is 0 Å². The quantitative estimate of drug-likeness (QED) is 0.864. The minimum absolute atomic E-state index is 0.118. The average Bonchev–Trinajstić information content (AvgIpc) is 2.76. The lowest BCUT2D eigenvalue weighted by Crippen LogP contribution is -2.12. The van der Waals surface area contributed by atoms with E-state index in [1.807, 2.05) is 24.4 Å². The lowest BCUT2D eigenvalue weighted by atomic mass is 10.1. The topological polar surface area (TPSA) is 59.1 Å². The van der Waals surface area contributed by atoms with Gasteiger partial charge in [-0.05, 0) is 19.1 Å². The number of anilines is 1. The van der Waals surface area contributed by atoms with Crippen LogP contribution in [0.3, 0.4) is 0 Å². The van der Waals surface area contributed by atoms with Crippen LogP contribution < -0.4 is 4.72 Å². The van der Waals surface area contributed by atoms with E-state index in [1.165, 1.54) is 0 Å². The van der Waals surface area contributed by atoms with Crippen molar-refractivity contribution in [1.29, 1.82) is 0 Å². The van der Waals surface area contributed by atoms with Crippen molar-refractivity contribution in [2.75, 3.05) is 9.38 Å². The maximum Gasteiger partial charge on any atom is 0.242 e. The molecule has 4 nitrogen and oxygen atoms in total. The van der Waals surface area contributed by atoms with Crippen LogP contribution in [0.2, 0.25) is 0 Å². The normalized spacial score (nSPS) is 11.4. The van der Waals surface area contributed by atoms with Crippen LogP contribution in [-0.4, -0.2) is 18.1 Å². The molecule has 2 aromatic rings. The van der Waals surface area contributed by atoms with Crippen LogP contribution in [0.15, 0.2) is 29.6 Å². The summed E-state index contributed by atoms with van der Waals surface area (Å²) in [4.78, 5) is 4.37. The molecule has 0 aliphatic carbocycles. The van der Waals surface area contributed by atoms with Crippen LogP contribution in [0, 0.1) is 6.92 Å². The maximum atomic E-state index is 11.4. The van der Waals surface area contributed by atoms with Gasteiger partial charge in [-0.3, -0.25) is 4.72 Å². The highest BCUT2D eigenvalue weighted by Crippen LogP contribution is 2.23. The molecule has 18 heavy (non-hydrogen) atoms. The number of hydrogen-bond acceptors (Lipinski definition) is 4. The van der Waals surface area contributed by atoms with Gasteiger partial charge in [0.25, 0.3) is 0 Å². The minimum Gasteiger partial charge on any atom is -0.283 e. The highest BCUT2D eigenvalue weighted by atomic mass is 79.9. The highest BCUT2D eigenvalue weighted by Gasteiger charge is 2.08. The Labute approximate surface area is 118 Å². The second-order valence-electron chi connectivity index (χ2n) is 3.66. The molecular weight excluding hydrogens is 336 g/mol. The van der Waals surface area contributed by atoms with E-state index in [0.29, 0.717) is 5.69 Å². The van der Waals surface area contributed by atoms with Gasteiger partial charge < -0.3 is 0 Å². The number of rotatable bonds is 4. The Kier molecular flexibility index (Phi) is 4.04. The van der Waals surface area contributed by atoms with Gasteiger partial charge in [0.05, 0.1) is 10.7 Å². The monoisotopic (exact) mass is 346 g/mol. The van der Waals surface area contributed by atoms with Crippen LogP contribution in [0.5, 0.6) is 0 Å². The summed E-state index contributed by atoms with van der Waals surface area (Å²) >= 11 is 4.51. The fourth-order valence-corrected chi connectivity index (χ4v) is 2.93. The van der Waals surface area contributed by atoms with Crippen molar-refractivity contribution in [2.45, 2.75) is 6.92 Å². The van der Waals surface area contributed by atoms with Gasteiger partial charge in [-0.2, -0.15) is 0 Å². The van der Waals surface area contributed by atoms with Gasteiger partial charge in [0.1, 0.15) is 4.66 Å². The summed E-state index contributed by atoms with van der Waals surface area (Å²) in [7, 11) is -3.29. The predicted octanol–water partition coefficient (Wildman–Crippen LogP) is 3.21. The number of halogens is 1. The molecule has 96 valence electrons. The first-order valence-corrected chi connectivity index (χ1v) is 8.74. The molecule has 1 N–H and O–H groups in total. The molecule has 2 rings (SSSR count). The standard InChI is InChI=1S/C11H11BrN2O2S2/c1-8-13-11(6-17-8)9-2-4-10(5-3-9)14-18(15,16)7-12/h2-6,14H,7H2,1H3. The molecule has 1 heterocycles. The summed E-state index contributed by atoms with van der Waals surface area (Å²) in [6, 6.07) is 7.15. The largest absolute Gasteiger partial charge is 0.283 e. The molecule has 0 unspecified atom stereocenters. The Morgan fingerprint density at radius 2 is 2.00 bits per heavy atom. The number of alkyl halides is 1. The van der Waals surface area contributed by atoms with Crippen molar-refractivity contribution in [3.05, 3.63) is 34.7 Å². The molecule has 7 heteroatoms. The molecule has 0 atom stereocenters. The van der Waals surface area contributed by atoms with Crippen molar-refractivity contribution in [3.63, 3.8) is 0 Å². The summed E-state index contributed by atoms with van der Waals surface area (Å²) in [5, 5.41) is 2.99. The fourth-order valence-electron chi connectivity index (χ4n) is 1.41. The first-order valence-electron chi connectivity index (χ1n) is 5.09. The molecular formula is C11H11BrN2O2S2. The second-order valence-corrected chi connectivity index (χ2v) is 7.74. The van der Waals surface area contributed by atoms with Crippen molar-refractivity contribution >= 4 is 43.0 Å². The Morgan fingerprint density at radius 1 is 1.33 bits per heavy atom. The summed E-state index contributed by atoms with van der Waals surface area (Å²) in [6.45, 7) is 1.95. The van der Waals surface area contributed by atoms with Gasteiger partial charge in [-0.25, -0.2) is 13.4 Å². The number of sulfonamides is 1. The first kappa shape index (κ1) is 13.5. The van der Waals surface area contributed by atoms with Gasteiger partial charge in [0, 0.05) is 16.6 Å². The summed E-state index contributed by atoms with van der Waals surface area (Å²) < 4.78 is 25.1. The Hall–Kier alpha value is -0.920. The van der Waals surface area contributed by atoms with Crippen molar-refractivity contribution in [3.8, 4) is 11.3 Å². The minimum atomic E-state index is -3.29. The molecule has 0 saturated carbocycles. The number of nitrogens with zero attached hydrogens (tertiary/aromatic N) is 1. The molecule has 0 aliphatic heterocycles. The van der Waals surface area contributed by atoms with Crippen molar-refractivity contribution < 1.29 is 8.42 Å². The third kappa shape index (κ3) is 3.30. The molecule has 0 amide bonds. The number of nitrogens with one attached hydrogen (secondary N) is 1. The molecule has 1 aromatic carbocycles. The zero-order valence-electron chi connectivity index (χ0n) is 9.55. The van der Waals surface area contributed by atoms with Crippen LogP contribution in [0.25, 0.3) is 11.3 Å². The zero-order chi connectivity index (χ0) is 13.2. The number of aromatic nitrogens is 1. The Balaban J connectivity index is 2.20. The lowest BCUT2D eigenvalue weighted by molar-refractivity contribution is 0.606. The predicted molar refractivity (Wildman–Crippen MR) is 78.6 cm³/mol. The third-order valence-electron chi connectivity index (χ3n) is 2.22. The van der Waals surface area contributed by atoms with Gasteiger partial charge in [0.15, 0.2) is 0 Å². The smallest absolute Gasteiger partial charge is 0.242 e. The summed E-state index contributed by atoms with van der Waals surface area (Å²) in [6.07, 6.45) is 0. The van der Waals surface area contributed by atoms with Crippen LogP contribution in [0.4, 0.5) is 5.69 Å². The number of aryl methyl sites for hydroxylation is 1. The van der Waals surface area contributed by atoms with Crippen LogP contribution in [0.1, 0.15) is 5.01 Å². The maximum absolute atomic E-state index is 11.4. The van der Waals surface area contributed by atoms with E-state index in [1.54, 1.807) is 23.5 Å². The van der Waals surface area contributed by atoms with Crippen molar-refractivity contribution in [2.24, 2.45) is 0 Å². The number of hydrogen-bond donors (Lipinski definition) is 1. The molecule has 0 bridgehead atoms. The average molecular weight is 347 g/mol. The highest BCUT2D eigenvalue weighted by molar-refractivity contribution is 9.10. The zero-order valence-corrected chi connectivity index (χ0v) is 12.8. The summed E-state index contributed by atoms with van der Waals surface area (Å²) in [5.74, 6) is 0. The SMILES string of the molecule is Cc1nc(-c2ccc(NS(=O)(=O)CBr)cc2)cs1. The molecule has 0 aliphatic rings.